The second-order valence-corrected chi connectivity index (χ2v) is 14.1. The molecule has 54 heavy (non-hydrogen) atoms. The third-order valence-corrected chi connectivity index (χ3v) is 10.9. The largest absolute Gasteiger partial charge is 0.0622 e. The summed E-state index contributed by atoms with van der Waals surface area (Å²) in [6, 6.07) is 79.7. The van der Waals surface area contributed by atoms with E-state index in [-0.39, 0.29) is 0 Å². The molecular weight excluding hydrogens is 649 g/mol. The number of hydrogen-bond donors (Lipinski definition) is 0. The molecule has 10 aromatic carbocycles. The Morgan fingerprint density at radius 1 is 0.185 bits per heavy atom. The Hall–Kier alpha value is -7.02. The average molecular weight is 685 g/mol. The van der Waals surface area contributed by atoms with Crippen LogP contribution in [0.15, 0.2) is 218 Å². The van der Waals surface area contributed by atoms with Gasteiger partial charge in [-0.1, -0.05) is 206 Å². The maximum absolute atomic E-state index is 2.31. The van der Waals surface area contributed by atoms with Crippen LogP contribution in [0, 0.1) is 0 Å². The molecule has 0 atom stereocenters. The molecule has 10 rings (SSSR count). The Morgan fingerprint density at radius 3 is 1.26 bits per heavy atom. The molecule has 0 fully saturated rings. The number of benzene rings is 10. The minimum atomic E-state index is 1.21. The summed E-state index contributed by atoms with van der Waals surface area (Å²) in [6.07, 6.45) is 0. The zero-order valence-electron chi connectivity index (χ0n) is 29.8. The smallest absolute Gasteiger partial charge is 0.00201 e. The van der Waals surface area contributed by atoms with Crippen molar-refractivity contribution in [3.63, 3.8) is 0 Å². The molecule has 0 heterocycles. The van der Waals surface area contributed by atoms with Gasteiger partial charge in [-0.3, -0.25) is 0 Å². The van der Waals surface area contributed by atoms with E-state index >= 15 is 0 Å². The van der Waals surface area contributed by atoms with E-state index in [4.69, 9.17) is 0 Å². The van der Waals surface area contributed by atoms with Gasteiger partial charge in [0.1, 0.15) is 0 Å². The van der Waals surface area contributed by atoms with Crippen LogP contribution in [-0.4, -0.2) is 0 Å². The Bertz CT molecular complexity index is 2890. The Kier molecular flexibility index (Phi) is 7.93. The molecule has 0 unspecified atom stereocenters. The van der Waals surface area contributed by atoms with Crippen LogP contribution in [0.4, 0.5) is 0 Å². The number of hydrogen-bond acceptors (Lipinski definition) is 0. The maximum Gasteiger partial charge on any atom is -0.00201 e. The lowest BCUT2D eigenvalue weighted by molar-refractivity contribution is 1.58. The van der Waals surface area contributed by atoms with E-state index in [0.717, 1.165) is 0 Å². The van der Waals surface area contributed by atoms with Crippen LogP contribution in [-0.2, 0) is 0 Å². The van der Waals surface area contributed by atoms with Crippen LogP contribution in [0.5, 0.6) is 0 Å². The van der Waals surface area contributed by atoms with Crippen LogP contribution in [0.2, 0.25) is 0 Å². The molecular formula is C54H36. The van der Waals surface area contributed by atoms with E-state index in [1.165, 1.54) is 99.1 Å². The molecule has 0 heteroatoms. The van der Waals surface area contributed by atoms with Gasteiger partial charge in [0.2, 0.25) is 0 Å². The van der Waals surface area contributed by atoms with Crippen molar-refractivity contribution in [2.45, 2.75) is 0 Å². The van der Waals surface area contributed by atoms with Gasteiger partial charge in [-0.15, -0.1) is 0 Å². The summed E-state index contributed by atoms with van der Waals surface area (Å²) in [6.45, 7) is 0. The van der Waals surface area contributed by atoms with Gasteiger partial charge in [-0.05, 0) is 111 Å². The molecule has 0 amide bonds. The van der Waals surface area contributed by atoms with E-state index in [2.05, 4.69) is 218 Å². The predicted octanol–water partition coefficient (Wildman–Crippen LogP) is 15.1. The fourth-order valence-electron chi connectivity index (χ4n) is 8.23. The van der Waals surface area contributed by atoms with Gasteiger partial charge in [0, 0.05) is 0 Å². The van der Waals surface area contributed by atoms with Crippen LogP contribution in [0.3, 0.4) is 0 Å². The SMILES string of the molecule is c1ccc(-c2ccc(-c3ccccc3-c3c4ccccc4c(-c4ccc(-c5cccc(-c6ccc7ccccc7c6)c5)cc4)c4ccccc34)cc2)cc1. The van der Waals surface area contributed by atoms with E-state index < -0.39 is 0 Å². The maximum atomic E-state index is 2.31. The van der Waals surface area contributed by atoms with Crippen LogP contribution < -0.4 is 0 Å². The second-order valence-electron chi connectivity index (χ2n) is 14.1. The van der Waals surface area contributed by atoms with Crippen molar-refractivity contribution in [2.24, 2.45) is 0 Å². The lowest BCUT2D eigenvalue weighted by Gasteiger charge is -2.20. The molecule has 0 spiro atoms. The van der Waals surface area contributed by atoms with Gasteiger partial charge in [0.15, 0.2) is 0 Å². The van der Waals surface area contributed by atoms with E-state index in [0.29, 0.717) is 0 Å². The third-order valence-electron chi connectivity index (χ3n) is 10.9. The monoisotopic (exact) mass is 684 g/mol. The van der Waals surface area contributed by atoms with Crippen molar-refractivity contribution in [1.82, 2.24) is 0 Å². The van der Waals surface area contributed by atoms with Crippen molar-refractivity contribution < 1.29 is 0 Å². The fourth-order valence-corrected chi connectivity index (χ4v) is 8.23. The highest BCUT2D eigenvalue weighted by molar-refractivity contribution is 6.22. The van der Waals surface area contributed by atoms with Crippen molar-refractivity contribution in [1.29, 1.82) is 0 Å². The van der Waals surface area contributed by atoms with Crippen molar-refractivity contribution in [3.8, 4) is 66.8 Å². The second kappa shape index (κ2) is 13.5. The van der Waals surface area contributed by atoms with Crippen LogP contribution in [0.25, 0.3) is 99.1 Å². The summed E-state index contributed by atoms with van der Waals surface area (Å²) < 4.78 is 0. The zero-order chi connectivity index (χ0) is 35.8. The molecule has 0 N–H and O–H groups in total. The van der Waals surface area contributed by atoms with Gasteiger partial charge in [0.25, 0.3) is 0 Å². The fraction of sp³-hybridized carbons (Fsp3) is 0. The Balaban J connectivity index is 1.07. The first kappa shape index (κ1) is 31.7. The summed E-state index contributed by atoms with van der Waals surface area (Å²) in [5.74, 6) is 0. The van der Waals surface area contributed by atoms with Gasteiger partial charge in [0.05, 0.1) is 0 Å². The summed E-state index contributed by atoms with van der Waals surface area (Å²) >= 11 is 0. The number of fused-ring (bicyclic) bond motifs is 3. The summed E-state index contributed by atoms with van der Waals surface area (Å²) in [5, 5.41) is 7.55. The predicted molar refractivity (Wildman–Crippen MR) is 232 cm³/mol. The normalized spacial score (nSPS) is 11.3. The third kappa shape index (κ3) is 5.66. The van der Waals surface area contributed by atoms with Crippen LogP contribution in [0.1, 0.15) is 0 Å². The lowest BCUT2D eigenvalue weighted by Crippen LogP contribution is -1.93. The molecule has 10 aromatic rings. The van der Waals surface area contributed by atoms with Crippen molar-refractivity contribution in [2.75, 3.05) is 0 Å². The average Bonchev–Trinajstić information content (AvgIpc) is 3.26. The van der Waals surface area contributed by atoms with Crippen molar-refractivity contribution in [3.05, 3.63) is 218 Å². The first-order chi connectivity index (χ1) is 26.8. The summed E-state index contributed by atoms with van der Waals surface area (Å²) in [7, 11) is 0. The van der Waals surface area contributed by atoms with Gasteiger partial charge < -0.3 is 0 Å². The topological polar surface area (TPSA) is 0 Å². The highest BCUT2D eigenvalue weighted by atomic mass is 14.2. The van der Waals surface area contributed by atoms with E-state index in [1.54, 1.807) is 0 Å². The first-order valence-electron chi connectivity index (χ1n) is 18.7. The minimum Gasteiger partial charge on any atom is -0.0622 e. The molecule has 0 aromatic heterocycles. The standard InChI is InChI=1S/C54H36/c1-2-13-37(14-3-1)39-25-30-41(31-26-39)47-19-6-7-20-48(47)54-51-23-10-8-21-49(51)53(50-22-9-11-24-52(50)54)42-32-27-40(28-33-42)44-17-12-18-45(35-44)46-34-29-38-15-4-5-16-43(38)36-46/h1-36H. The quantitative estimate of drug-likeness (QED) is 0.153. The molecule has 0 saturated heterocycles. The minimum absolute atomic E-state index is 1.21. The molecule has 0 nitrogen and oxygen atoms in total. The molecule has 0 saturated carbocycles. The van der Waals surface area contributed by atoms with E-state index in [9.17, 15) is 0 Å². The lowest BCUT2D eigenvalue weighted by atomic mass is 9.83. The van der Waals surface area contributed by atoms with Gasteiger partial charge in [-0.2, -0.15) is 0 Å². The molecule has 0 aliphatic heterocycles. The van der Waals surface area contributed by atoms with Crippen molar-refractivity contribution >= 4 is 32.3 Å². The summed E-state index contributed by atoms with van der Waals surface area (Å²) in [5.41, 5.74) is 14.8. The molecule has 252 valence electrons. The molecule has 0 aliphatic rings. The Labute approximate surface area is 316 Å². The Morgan fingerprint density at radius 2 is 0.593 bits per heavy atom. The zero-order valence-corrected chi connectivity index (χ0v) is 29.8. The van der Waals surface area contributed by atoms with E-state index in [1.807, 2.05) is 0 Å². The molecule has 0 radical (unpaired) electrons. The molecule has 0 aliphatic carbocycles. The highest BCUT2D eigenvalue weighted by Gasteiger charge is 2.19. The first-order valence-corrected chi connectivity index (χ1v) is 18.7. The highest BCUT2D eigenvalue weighted by Crippen LogP contribution is 2.46. The summed E-state index contributed by atoms with van der Waals surface area (Å²) in [4.78, 5) is 0. The van der Waals surface area contributed by atoms with Crippen LogP contribution >= 0.6 is 0 Å². The van der Waals surface area contributed by atoms with Gasteiger partial charge in [-0.25, -0.2) is 0 Å². The number of rotatable bonds is 6. The molecule has 0 bridgehead atoms. The van der Waals surface area contributed by atoms with Gasteiger partial charge >= 0.3 is 0 Å².